The largest absolute Gasteiger partial charge is 0.341 e. The Morgan fingerprint density at radius 3 is 2.56 bits per heavy atom. The number of H-pyrrole nitrogens is 1. The molecule has 3 aromatic rings. The highest BCUT2D eigenvalue weighted by atomic mass is 16.1. The lowest BCUT2D eigenvalue weighted by atomic mass is 9.93. The standard InChI is InChI=1S/C26H32N12O/c27-14-18-7-11-38(12-8-18)26-32-21-15-30-36-25(39)23(21)24(33-26)31-20-3-1-19(2-4-20)16-37-9-5-17(6-10-37)13-22(34-28)35-29/h1-4,15,17-18,28H,5-13,16,29H2,(H,36,39)(H,31,32,33). The van der Waals surface area contributed by atoms with Gasteiger partial charge in [0.15, 0.2) is 5.84 Å². The van der Waals surface area contributed by atoms with Crippen LogP contribution in [-0.4, -0.2) is 57.1 Å². The van der Waals surface area contributed by atoms with Crippen molar-refractivity contribution >= 4 is 34.2 Å². The number of benzene rings is 1. The highest BCUT2D eigenvalue weighted by Crippen LogP contribution is 2.27. The fourth-order valence-electron chi connectivity index (χ4n) is 5.25. The summed E-state index contributed by atoms with van der Waals surface area (Å²) in [6.45, 7) is 4.16. The van der Waals surface area contributed by atoms with Crippen molar-refractivity contribution in [3.8, 4) is 6.07 Å². The second kappa shape index (κ2) is 12.0. The van der Waals surface area contributed by atoms with Gasteiger partial charge >= 0.3 is 0 Å². The molecule has 5 N–H and O–H groups in total. The number of likely N-dealkylation sites (tertiary alicyclic amines) is 1. The number of nitrogens with one attached hydrogen (secondary N) is 3. The number of piperidine rings is 2. The van der Waals surface area contributed by atoms with Crippen LogP contribution in [0.15, 0.2) is 45.5 Å². The second-order valence-corrected chi connectivity index (χ2v) is 10.1. The molecular weight excluding hydrogens is 496 g/mol. The Labute approximate surface area is 225 Å². The Bertz CT molecular complexity index is 1430. The molecule has 2 aromatic heterocycles. The molecule has 0 radical (unpaired) electrons. The van der Waals surface area contributed by atoms with Crippen molar-refractivity contribution in [2.75, 3.05) is 36.4 Å². The van der Waals surface area contributed by atoms with Crippen LogP contribution in [0.1, 0.15) is 37.7 Å². The summed E-state index contributed by atoms with van der Waals surface area (Å²) in [7, 11) is 0. The number of fused-ring (bicyclic) bond motifs is 1. The van der Waals surface area contributed by atoms with Crippen molar-refractivity contribution in [1.29, 1.82) is 10.8 Å². The van der Waals surface area contributed by atoms with E-state index >= 15 is 0 Å². The molecule has 1 aromatic carbocycles. The second-order valence-electron chi connectivity index (χ2n) is 10.1. The van der Waals surface area contributed by atoms with E-state index in [4.69, 9.17) is 16.4 Å². The molecule has 2 aliphatic heterocycles. The molecule has 2 fully saturated rings. The molecule has 4 heterocycles. The number of hydrogen-bond donors (Lipinski definition) is 4. The van der Waals surface area contributed by atoms with Gasteiger partial charge in [-0.2, -0.15) is 20.4 Å². The predicted octanol–water partition coefficient (Wildman–Crippen LogP) is 3.10. The van der Waals surface area contributed by atoms with Crippen LogP contribution in [0.4, 0.5) is 17.5 Å². The molecule has 2 aliphatic rings. The van der Waals surface area contributed by atoms with Crippen LogP contribution >= 0.6 is 0 Å². The van der Waals surface area contributed by atoms with Crippen LogP contribution in [0, 0.1) is 28.7 Å². The van der Waals surface area contributed by atoms with Crippen molar-refractivity contribution in [1.82, 2.24) is 25.1 Å². The zero-order chi connectivity index (χ0) is 27.2. The third-order valence-corrected chi connectivity index (χ3v) is 7.54. The number of nitrogens with zero attached hydrogens (tertiary/aromatic N) is 8. The van der Waals surface area contributed by atoms with Crippen LogP contribution in [0.3, 0.4) is 0 Å². The number of aromatic nitrogens is 4. The monoisotopic (exact) mass is 528 g/mol. The molecule has 5 rings (SSSR count). The minimum absolute atomic E-state index is 0.0526. The highest BCUT2D eigenvalue weighted by Gasteiger charge is 2.23. The Kier molecular flexibility index (Phi) is 8.02. The Balaban J connectivity index is 1.26. The lowest BCUT2D eigenvalue weighted by Crippen LogP contribution is -2.34. The van der Waals surface area contributed by atoms with Gasteiger partial charge in [0.25, 0.3) is 5.56 Å². The van der Waals surface area contributed by atoms with Crippen molar-refractivity contribution in [2.24, 2.45) is 27.9 Å². The van der Waals surface area contributed by atoms with Gasteiger partial charge in [-0.3, -0.25) is 9.69 Å². The number of amidine groups is 1. The zero-order valence-corrected chi connectivity index (χ0v) is 21.7. The molecule has 13 heteroatoms. The summed E-state index contributed by atoms with van der Waals surface area (Å²) >= 11 is 0. The van der Waals surface area contributed by atoms with Gasteiger partial charge in [0, 0.05) is 37.7 Å². The average Bonchev–Trinajstić information content (AvgIpc) is 2.97. The first kappa shape index (κ1) is 26.2. The molecule has 2 saturated heterocycles. The average molecular weight is 529 g/mol. The summed E-state index contributed by atoms with van der Waals surface area (Å²) in [5.41, 5.74) is 9.26. The van der Waals surface area contributed by atoms with Gasteiger partial charge in [-0.1, -0.05) is 12.1 Å². The van der Waals surface area contributed by atoms with E-state index in [9.17, 15) is 10.1 Å². The molecule has 0 unspecified atom stereocenters. The van der Waals surface area contributed by atoms with E-state index in [0.29, 0.717) is 53.9 Å². The van der Waals surface area contributed by atoms with Crippen molar-refractivity contribution in [3.63, 3.8) is 0 Å². The number of nitriles is 1. The van der Waals surface area contributed by atoms with E-state index in [-0.39, 0.29) is 11.5 Å². The molecule has 13 nitrogen and oxygen atoms in total. The summed E-state index contributed by atoms with van der Waals surface area (Å²) in [6, 6.07) is 10.5. The third-order valence-electron chi connectivity index (χ3n) is 7.54. The van der Waals surface area contributed by atoms with E-state index < -0.39 is 0 Å². The van der Waals surface area contributed by atoms with Gasteiger partial charge in [0.1, 0.15) is 16.7 Å². The van der Waals surface area contributed by atoms with Crippen LogP contribution in [-0.2, 0) is 6.54 Å². The number of hydrogen-bond acceptors (Lipinski definition) is 11. The van der Waals surface area contributed by atoms with Gasteiger partial charge in [-0.25, -0.2) is 15.6 Å². The van der Waals surface area contributed by atoms with E-state index in [0.717, 1.165) is 51.0 Å². The van der Waals surface area contributed by atoms with Crippen LogP contribution < -0.4 is 21.6 Å². The predicted molar refractivity (Wildman–Crippen MR) is 148 cm³/mol. The Morgan fingerprint density at radius 2 is 1.90 bits per heavy atom. The molecule has 0 bridgehead atoms. The van der Waals surface area contributed by atoms with Crippen molar-refractivity contribution in [3.05, 3.63) is 46.4 Å². The Hall–Kier alpha value is -4.44. The summed E-state index contributed by atoms with van der Waals surface area (Å²) in [4.78, 5) is 26.4. The first-order valence-electron chi connectivity index (χ1n) is 13.2. The topological polar surface area (TPSA) is 188 Å². The highest BCUT2D eigenvalue weighted by molar-refractivity contribution is 5.90. The van der Waals surface area contributed by atoms with E-state index in [1.54, 1.807) is 0 Å². The number of aromatic amines is 1. The van der Waals surface area contributed by atoms with Crippen LogP contribution in [0.5, 0.6) is 0 Å². The van der Waals surface area contributed by atoms with Crippen LogP contribution in [0.2, 0.25) is 0 Å². The minimum Gasteiger partial charge on any atom is -0.341 e. The third kappa shape index (κ3) is 6.18. The molecule has 0 aliphatic carbocycles. The van der Waals surface area contributed by atoms with Gasteiger partial charge in [-0.15, -0.1) is 5.11 Å². The quantitative estimate of drug-likeness (QED) is 0.117. The maximum absolute atomic E-state index is 12.6. The zero-order valence-electron chi connectivity index (χ0n) is 21.7. The number of nitrogens with two attached hydrogens (primary N) is 1. The smallest absolute Gasteiger partial charge is 0.277 e. The van der Waals surface area contributed by atoms with E-state index in [1.807, 2.05) is 12.1 Å². The maximum Gasteiger partial charge on any atom is 0.277 e. The first-order chi connectivity index (χ1) is 19.1. The fraction of sp³-hybridized carbons (Fsp3) is 0.462. The summed E-state index contributed by atoms with van der Waals surface area (Å²) < 4.78 is 0. The summed E-state index contributed by atoms with van der Waals surface area (Å²) in [5.74, 6) is 7.15. The molecule has 0 spiro atoms. The Morgan fingerprint density at radius 1 is 1.15 bits per heavy atom. The van der Waals surface area contributed by atoms with Gasteiger partial charge < -0.3 is 16.1 Å². The summed E-state index contributed by atoms with van der Waals surface area (Å²) in [6.07, 6.45) is 5.76. The lowest BCUT2D eigenvalue weighted by Gasteiger charge is -2.31. The number of rotatable bonds is 7. The first-order valence-corrected chi connectivity index (χ1v) is 13.2. The van der Waals surface area contributed by atoms with E-state index in [2.05, 4.69) is 58.7 Å². The molecule has 0 saturated carbocycles. The van der Waals surface area contributed by atoms with Gasteiger partial charge in [0.05, 0.1) is 12.3 Å². The number of hydrazone groups is 1. The van der Waals surface area contributed by atoms with Crippen LogP contribution in [0.25, 0.3) is 10.9 Å². The normalized spacial score (nSPS) is 17.7. The fourth-order valence-corrected chi connectivity index (χ4v) is 5.25. The molecule has 0 amide bonds. The SMILES string of the molecule is N#CC1CCN(c2nc(Nc3ccc(CN4CCC(CC(N=N)=NN)CC4)cc3)c3c(=O)[nH]ncc3n2)CC1. The van der Waals surface area contributed by atoms with E-state index in [1.165, 1.54) is 11.8 Å². The minimum atomic E-state index is -0.356. The number of anilines is 3. The maximum atomic E-state index is 12.6. The van der Waals surface area contributed by atoms with Crippen molar-refractivity contribution < 1.29 is 0 Å². The summed E-state index contributed by atoms with van der Waals surface area (Å²) in [5, 5.41) is 26.3. The molecule has 39 heavy (non-hydrogen) atoms. The molecular formula is C26H32N12O. The van der Waals surface area contributed by atoms with Gasteiger partial charge in [-0.05, 0) is 62.4 Å². The van der Waals surface area contributed by atoms with Gasteiger partial charge in [0.2, 0.25) is 5.95 Å². The van der Waals surface area contributed by atoms with Crippen molar-refractivity contribution in [2.45, 2.75) is 38.6 Å². The molecule has 202 valence electrons. The molecule has 0 atom stereocenters. The lowest BCUT2D eigenvalue weighted by molar-refractivity contribution is 0.180.